The second-order valence-electron chi connectivity index (χ2n) is 8.47. The minimum Gasteiger partial charge on any atom is -0.496 e. The Morgan fingerprint density at radius 3 is 2.19 bits per heavy atom. The van der Waals surface area contributed by atoms with E-state index in [2.05, 4.69) is 4.98 Å². The van der Waals surface area contributed by atoms with Gasteiger partial charge in [0.05, 0.1) is 18.2 Å². The number of alkyl halides is 3. The molecule has 1 aromatic heterocycles. The van der Waals surface area contributed by atoms with Crippen molar-refractivity contribution in [2.24, 2.45) is 0 Å². The fraction of sp³-hybridized carbons (Fsp3) is 0.172. The quantitative estimate of drug-likeness (QED) is 0.273. The summed E-state index contributed by atoms with van der Waals surface area (Å²) in [5, 5.41) is 9.12. The number of aromatic carboxylic acids is 1. The molecule has 0 saturated carbocycles. The van der Waals surface area contributed by atoms with Crippen molar-refractivity contribution in [1.82, 2.24) is 4.98 Å². The Morgan fingerprint density at radius 1 is 0.919 bits per heavy atom. The van der Waals surface area contributed by atoms with Gasteiger partial charge in [-0.05, 0) is 60.0 Å². The monoisotopic (exact) mass is 506 g/mol. The number of aromatic nitrogens is 1. The van der Waals surface area contributed by atoms with E-state index in [0.717, 1.165) is 34.6 Å². The maximum atomic E-state index is 13.0. The maximum Gasteiger partial charge on any atom is 0.416 e. The smallest absolute Gasteiger partial charge is 0.416 e. The van der Waals surface area contributed by atoms with Crippen molar-refractivity contribution in [3.8, 4) is 16.9 Å². The van der Waals surface area contributed by atoms with E-state index in [-0.39, 0.29) is 5.56 Å². The van der Waals surface area contributed by atoms with Crippen molar-refractivity contribution in [3.63, 3.8) is 0 Å². The van der Waals surface area contributed by atoms with Crippen molar-refractivity contribution >= 4 is 11.8 Å². The number of hydrogen-bond acceptors (Lipinski definition) is 4. The number of methoxy groups -OCH3 is 1. The van der Waals surface area contributed by atoms with Crippen LogP contribution < -0.4 is 9.64 Å². The van der Waals surface area contributed by atoms with Crippen LogP contribution >= 0.6 is 0 Å². The van der Waals surface area contributed by atoms with Gasteiger partial charge in [0.15, 0.2) is 0 Å². The van der Waals surface area contributed by atoms with E-state index in [9.17, 15) is 18.0 Å². The summed E-state index contributed by atoms with van der Waals surface area (Å²) in [6, 6.07) is 23.2. The van der Waals surface area contributed by atoms with Crippen molar-refractivity contribution in [1.29, 1.82) is 0 Å². The average molecular weight is 507 g/mol. The van der Waals surface area contributed by atoms with Crippen LogP contribution in [-0.4, -0.2) is 29.7 Å². The van der Waals surface area contributed by atoms with Crippen molar-refractivity contribution < 1.29 is 27.8 Å². The summed E-state index contributed by atoms with van der Waals surface area (Å²) in [6.45, 7) is 0.876. The third-order valence-corrected chi connectivity index (χ3v) is 6.02. The standard InChI is InChI=1S/C29H25F3N2O3/c1-37-26-5-3-2-4-25(26)23-12-15-27(33-18-23)34(17-16-20-6-10-22(11-7-20)28(35)36)19-21-8-13-24(14-9-21)29(30,31)32/h2-15,18H,16-17,19H2,1H3,(H,35,36). The molecule has 0 amide bonds. The molecule has 0 bridgehead atoms. The van der Waals surface area contributed by atoms with Gasteiger partial charge < -0.3 is 14.7 Å². The van der Waals surface area contributed by atoms with Gasteiger partial charge in [0, 0.05) is 30.4 Å². The Bertz CT molecular complexity index is 1340. The van der Waals surface area contributed by atoms with Crippen LogP contribution in [0, 0.1) is 0 Å². The zero-order valence-corrected chi connectivity index (χ0v) is 20.1. The number of nitrogens with zero attached hydrogens (tertiary/aromatic N) is 2. The van der Waals surface area contributed by atoms with Crippen molar-refractivity contribution in [2.45, 2.75) is 19.1 Å². The molecule has 190 valence electrons. The van der Waals surface area contributed by atoms with Crippen LogP contribution in [0.25, 0.3) is 11.1 Å². The molecule has 0 saturated heterocycles. The molecular formula is C29H25F3N2O3. The number of hydrogen-bond donors (Lipinski definition) is 1. The SMILES string of the molecule is COc1ccccc1-c1ccc(N(CCc2ccc(C(=O)O)cc2)Cc2ccc(C(F)(F)F)cc2)nc1. The number of ether oxygens (including phenoxy) is 1. The van der Waals surface area contributed by atoms with E-state index >= 15 is 0 Å². The van der Waals surface area contributed by atoms with Crippen LogP contribution in [0.4, 0.5) is 19.0 Å². The van der Waals surface area contributed by atoms with Gasteiger partial charge >= 0.3 is 12.1 Å². The van der Waals surface area contributed by atoms with Gasteiger partial charge in [0.1, 0.15) is 11.6 Å². The summed E-state index contributed by atoms with van der Waals surface area (Å²) in [5.74, 6) is 0.402. The molecule has 0 unspecified atom stereocenters. The zero-order chi connectivity index (χ0) is 26.4. The molecule has 5 nitrogen and oxygen atoms in total. The number of carbonyl (C=O) groups is 1. The van der Waals surface area contributed by atoms with E-state index in [1.54, 1.807) is 37.6 Å². The lowest BCUT2D eigenvalue weighted by Crippen LogP contribution is -2.26. The molecule has 3 aromatic carbocycles. The molecule has 37 heavy (non-hydrogen) atoms. The van der Waals surface area contributed by atoms with Gasteiger partial charge in [-0.15, -0.1) is 0 Å². The topological polar surface area (TPSA) is 62.7 Å². The number of pyridine rings is 1. The Hall–Kier alpha value is -4.33. The van der Waals surface area contributed by atoms with E-state index < -0.39 is 17.7 Å². The number of carboxylic acids is 1. The van der Waals surface area contributed by atoms with Crippen LogP contribution in [0.3, 0.4) is 0 Å². The molecule has 1 N–H and O–H groups in total. The number of anilines is 1. The lowest BCUT2D eigenvalue weighted by atomic mass is 10.1. The van der Waals surface area contributed by atoms with Crippen LogP contribution in [0.5, 0.6) is 5.75 Å². The van der Waals surface area contributed by atoms with E-state index in [4.69, 9.17) is 9.84 Å². The van der Waals surface area contributed by atoms with E-state index in [1.807, 2.05) is 41.3 Å². The third kappa shape index (κ3) is 6.46. The van der Waals surface area contributed by atoms with Gasteiger partial charge in [0.2, 0.25) is 0 Å². The highest BCUT2D eigenvalue weighted by molar-refractivity contribution is 5.87. The van der Waals surface area contributed by atoms with Crippen LogP contribution in [0.1, 0.15) is 27.0 Å². The van der Waals surface area contributed by atoms with Crippen LogP contribution in [0.2, 0.25) is 0 Å². The molecule has 0 fully saturated rings. The maximum absolute atomic E-state index is 13.0. The summed E-state index contributed by atoms with van der Waals surface area (Å²) in [7, 11) is 1.61. The summed E-state index contributed by atoms with van der Waals surface area (Å²) in [6.07, 6.45) is -2.05. The highest BCUT2D eigenvalue weighted by Crippen LogP contribution is 2.31. The molecule has 4 rings (SSSR count). The number of halogens is 3. The Labute approximate surface area is 212 Å². The fourth-order valence-electron chi connectivity index (χ4n) is 3.99. The Balaban J connectivity index is 1.58. The number of carboxylic acid groups (broad SMARTS) is 1. The minimum absolute atomic E-state index is 0.207. The Morgan fingerprint density at radius 2 is 1.59 bits per heavy atom. The molecule has 0 spiro atoms. The normalized spacial score (nSPS) is 11.2. The molecular weight excluding hydrogens is 481 g/mol. The summed E-state index contributed by atoms with van der Waals surface area (Å²) >= 11 is 0. The van der Waals surface area contributed by atoms with Crippen LogP contribution in [-0.2, 0) is 19.1 Å². The largest absolute Gasteiger partial charge is 0.496 e. The molecule has 0 aliphatic heterocycles. The number of para-hydroxylation sites is 1. The number of benzene rings is 3. The van der Waals surface area contributed by atoms with Gasteiger partial charge in [0.25, 0.3) is 0 Å². The van der Waals surface area contributed by atoms with Crippen LogP contribution in [0.15, 0.2) is 91.1 Å². The molecule has 4 aromatic rings. The average Bonchev–Trinajstić information content (AvgIpc) is 2.91. The number of rotatable bonds is 9. The first kappa shape index (κ1) is 25.8. The molecule has 0 radical (unpaired) electrons. The molecule has 0 aliphatic carbocycles. The van der Waals surface area contributed by atoms with Gasteiger partial charge in [-0.25, -0.2) is 9.78 Å². The van der Waals surface area contributed by atoms with E-state index in [0.29, 0.717) is 30.9 Å². The fourth-order valence-corrected chi connectivity index (χ4v) is 3.99. The molecule has 0 aliphatic rings. The second-order valence-corrected chi connectivity index (χ2v) is 8.47. The predicted molar refractivity (Wildman–Crippen MR) is 136 cm³/mol. The summed E-state index contributed by atoms with van der Waals surface area (Å²) in [5.41, 5.74) is 2.94. The van der Waals surface area contributed by atoms with Crippen molar-refractivity contribution in [3.05, 3.63) is 113 Å². The Kier molecular flexibility index (Phi) is 7.77. The van der Waals surface area contributed by atoms with Gasteiger partial charge in [-0.2, -0.15) is 13.2 Å². The minimum atomic E-state index is -4.39. The third-order valence-electron chi connectivity index (χ3n) is 6.02. The first-order valence-corrected chi connectivity index (χ1v) is 11.6. The van der Waals surface area contributed by atoms with Crippen molar-refractivity contribution in [2.75, 3.05) is 18.6 Å². The lowest BCUT2D eigenvalue weighted by molar-refractivity contribution is -0.137. The van der Waals surface area contributed by atoms with E-state index in [1.165, 1.54) is 12.1 Å². The first-order valence-electron chi connectivity index (χ1n) is 11.6. The lowest BCUT2D eigenvalue weighted by Gasteiger charge is -2.24. The summed E-state index contributed by atoms with van der Waals surface area (Å²) in [4.78, 5) is 17.8. The predicted octanol–water partition coefficient (Wildman–Crippen LogP) is 6.72. The molecule has 8 heteroatoms. The van der Waals surface area contributed by atoms with Gasteiger partial charge in [-0.3, -0.25) is 0 Å². The molecule has 1 heterocycles. The highest BCUT2D eigenvalue weighted by atomic mass is 19.4. The second kappa shape index (κ2) is 11.2. The first-order chi connectivity index (χ1) is 17.7. The van der Waals surface area contributed by atoms with Gasteiger partial charge in [-0.1, -0.05) is 42.5 Å². The molecule has 0 atom stereocenters. The highest BCUT2D eigenvalue weighted by Gasteiger charge is 2.30. The summed E-state index contributed by atoms with van der Waals surface area (Å²) < 4.78 is 44.4. The zero-order valence-electron chi connectivity index (χ0n) is 20.1.